The van der Waals surface area contributed by atoms with Gasteiger partial charge in [0.2, 0.25) is 0 Å². The Balaban J connectivity index is 2.48. The van der Waals surface area contributed by atoms with Crippen molar-refractivity contribution in [3.05, 3.63) is 24.8 Å². The van der Waals surface area contributed by atoms with Crippen LogP contribution in [0, 0.1) is 0 Å². The lowest BCUT2D eigenvalue weighted by atomic mass is 10.3. The third-order valence-electron chi connectivity index (χ3n) is 1.84. The molecule has 0 saturated heterocycles. The van der Waals surface area contributed by atoms with Crippen LogP contribution in [-0.4, -0.2) is 21.6 Å². The van der Waals surface area contributed by atoms with Gasteiger partial charge in [0.05, 0.1) is 6.61 Å². The van der Waals surface area contributed by atoms with E-state index in [0.29, 0.717) is 6.61 Å². The first-order valence-electron chi connectivity index (χ1n) is 4.45. The number of aromatic nitrogens is 3. The zero-order valence-corrected chi connectivity index (χ0v) is 7.97. The fourth-order valence-electron chi connectivity index (χ4n) is 1.25. The molecule has 0 fully saturated rings. The quantitative estimate of drug-likeness (QED) is 0.740. The Hall–Kier alpha value is -1.84. The van der Waals surface area contributed by atoms with Crippen molar-refractivity contribution in [1.82, 2.24) is 15.0 Å². The Kier molecular flexibility index (Phi) is 2.18. The average Bonchev–Trinajstić information content (AvgIpc) is 2.60. The van der Waals surface area contributed by atoms with Gasteiger partial charge >= 0.3 is 0 Å². The normalized spacial score (nSPS) is 10.4. The van der Waals surface area contributed by atoms with Crippen molar-refractivity contribution in [1.29, 1.82) is 0 Å². The van der Waals surface area contributed by atoms with E-state index in [4.69, 9.17) is 4.74 Å². The Bertz CT molecular complexity index is 461. The van der Waals surface area contributed by atoms with Crippen molar-refractivity contribution in [3.8, 4) is 5.75 Å². The summed E-state index contributed by atoms with van der Waals surface area (Å²) in [4.78, 5) is 1.44. The highest BCUT2D eigenvalue weighted by Crippen LogP contribution is 2.17. The molecule has 0 aliphatic rings. The maximum atomic E-state index is 5.35. The van der Waals surface area contributed by atoms with Crippen LogP contribution in [0.1, 0.15) is 6.92 Å². The molecule has 0 aliphatic carbocycles. The molecule has 0 amide bonds. The number of rotatable bonds is 3. The van der Waals surface area contributed by atoms with Gasteiger partial charge in [0, 0.05) is 12.3 Å². The van der Waals surface area contributed by atoms with Crippen LogP contribution in [0.15, 0.2) is 24.8 Å². The molecule has 14 heavy (non-hydrogen) atoms. The molecule has 1 aromatic heterocycles. The van der Waals surface area contributed by atoms with Gasteiger partial charge in [-0.1, -0.05) is 6.58 Å². The largest absolute Gasteiger partial charge is 0.494 e. The van der Waals surface area contributed by atoms with Crippen LogP contribution >= 0.6 is 0 Å². The molecule has 0 aliphatic heterocycles. The molecule has 1 aromatic carbocycles. The average molecular weight is 189 g/mol. The molecule has 0 saturated carbocycles. The summed E-state index contributed by atoms with van der Waals surface area (Å²) in [5.74, 6) is 0.816. The van der Waals surface area contributed by atoms with Gasteiger partial charge in [0.15, 0.2) is 0 Å². The smallest absolute Gasteiger partial charge is 0.121 e. The van der Waals surface area contributed by atoms with Gasteiger partial charge in [-0.2, -0.15) is 4.80 Å². The van der Waals surface area contributed by atoms with E-state index in [0.717, 1.165) is 16.8 Å². The molecule has 72 valence electrons. The summed E-state index contributed by atoms with van der Waals surface area (Å²) in [6, 6.07) is 5.63. The van der Waals surface area contributed by atoms with Crippen molar-refractivity contribution in [2.45, 2.75) is 6.92 Å². The molecule has 2 aromatic rings. The molecule has 0 N–H and O–H groups in total. The maximum Gasteiger partial charge on any atom is 0.121 e. The summed E-state index contributed by atoms with van der Waals surface area (Å²) in [6.07, 6.45) is 1.56. The lowest BCUT2D eigenvalue weighted by molar-refractivity contribution is 0.340. The second-order valence-electron chi connectivity index (χ2n) is 2.79. The molecule has 0 spiro atoms. The van der Waals surface area contributed by atoms with Crippen LogP contribution in [0.2, 0.25) is 0 Å². The van der Waals surface area contributed by atoms with Gasteiger partial charge in [-0.25, -0.2) is 0 Å². The Morgan fingerprint density at radius 1 is 1.43 bits per heavy atom. The fourth-order valence-corrected chi connectivity index (χ4v) is 1.25. The summed E-state index contributed by atoms with van der Waals surface area (Å²) in [6.45, 7) is 6.19. The molecule has 2 rings (SSSR count). The highest BCUT2D eigenvalue weighted by Gasteiger charge is 2.01. The van der Waals surface area contributed by atoms with E-state index >= 15 is 0 Å². The summed E-state index contributed by atoms with van der Waals surface area (Å²) >= 11 is 0. The van der Waals surface area contributed by atoms with Gasteiger partial charge in [-0.3, -0.25) is 0 Å². The van der Waals surface area contributed by atoms with Crippen LogP contribution in [0.25, 0.3) is 17.2 Å². The van der Waals surface area contributed by atoms with E-state index < -0.39 is 0 Å². The lowest BCUT2D eigenvalue weighted by Crippen LogP contribution is -1.90. The monoisotopic (exact) mass is 189 g/mol. The van der Waals surface area contributed by atoms with Crippen LogP contribution in [0.3, 0.4) is 0 Å². The summed E-state index contributed by atoms with van der Waals surface area (Å²) in [7, 11) is 0. The Labute approximate surface area is 81.8 Å². The number of benzene rings is 1. The molecule has 0 atom stereocenters. The maximum absolute atomic E-state index is 5.35. The van der Waals surface area contributed by atoms with Crippen molar-refractivity contribution in [2.24, 2.45) is 0 Å². The number of fused-ring (bicyclic) bond motifs is 1. The molecule has 4 nitrogen and oxygen atoms in total. The van der Waals surface area contributed by atoms with Gasteiger partial charge in [-0.15, -0.1) is 10.2 Å². The Morgan fingerprint density at radius 3 is 2.93 bits per heavy atom. The molecule has 4 heteroatoms. The molecular formula is C10H11N3O. The predicted octanol–water partition coefficient (Wildman–Crippen LogP) is 1.93. The van der Waals surface area contributed by atoms with E-state index in [1.807, 2.05) is 25.1 Å². The zero-order valence-electron chi connectivity index (χ0n) is 7.97. The summed E-state index contributed by atoms with van der Waals surface area (Å²) < 4.78 is 5.35. The number of hydrogen-bond donors (Lipinski definition) is 0. The topological polar surface area (TPSA) is 39.9 Å². The second kappa shape index (κ2) is 3.49. The van der Waals surface area contributed by atoms with Crippen molar-refractivity contribution in [3.63, 3.8) is 0 Å². The minimum Gasteiger partial charge on any atom is -0.494 e. The first-order chi connectivity index (χ1) is 6.83. The third-order valence-corrected chi connectivity index (χ3v) is 1.84. The molecule has 0 radical (unpaired) electrons. The van der Waals surface area contributed by atoms with Crippen LogP contribution in [0.5, 0.6) is 5.75 Å². The number of hydrogen-bond acceptors (Lipinski definition) is 3. The van der Waals surface area contributed by atoms with Crippen molar-refractivity contribution < 1.29 is 4.74 Å². The molecule has 0 unspecified atom stereocenters. The van der Waals surface area contributed by atoms with Crippen molar-refractivity contribution >= 4 is 17.2 Å². The van der Waals surface area contributed by atoms with Gasteiger partial charge in [0.1, 0.15) is 16.8 Å². The lowest BCUT2D eigenvalue weighted by Gasteiger charge is -2.00. The van der Waals surface area contributed by atoms with E-state index in [-0.39, 0.29) is 0 Å². The first-order valence-corrected chi connectivity index (χ1v) is 4.45. The summed E-state index contributed by atoms with van der Waals surface area (Å²) in [5, 5.41) is 8.35. The zero-order chi connectivity index (χ0) is 9.97. The molecule has 0 bridgehead atoms. The second-order valence-corrected chi connectivity index (χ2v) is 2.79. The standard InChI is InChI=1S/C10H11N3O/c1-3-13-11-9-6-5-8(14-4-2)7-10(9)12-13/h3,5-7H,1,4H2,2H3. The number of ether oxygens (including phenoxy) is 1. The first kappa shape index (κ1) is 8.74. The van der Waals surface area contributed by atoms with Gasteiger partial charge in [-0.05, 0) is 19.1 Å². The van der Waals surface area contributed by atoms with E-state index in [9.17, 15) is 0 Å². The van der Waals surface area contributed by atoms with Crippen LogP contribution in [0.4, 0.5) is 0 Å². The van der Waals surface area contributed by atoms with Gasteiger partial charge < -0.3 is 4.74 Å². The van der Waals surface area contributed by atoms with E-state index in [2.05, 4.69) is 16.8 Å². The van der Waals surface area contributed by atoms with Crippen LogP contribution in [-0.2, 0) is 0 Å². The highest BCUT2D eigenvalue weighted by molar-refractivity contribution is 5.75. The summed E-state index contributed by atoms with van der Waals surface area (Å²) in [5.41, 5.74) is 1.66. The minimum atomic E-state index is 0.654. The highest BCUT2D eigenvalue weighted by atomic mass is 16.5. The number of nitrogens with zero attached hydrogens (tertiary/aromatic N) is 3. The third kappa shape index (κ3) is 1.46. The van der Waals surface area contributed by atoms with E-state index in [1.165, 1.54) is 4.80 Å². The minimum absolute atomic E-state index is 0.654. The van der Waals surface area contributed by atoms with Crippen molar-refractivity contribution in [2.75, 3.05) is 6.61 Å². The Morgan fingerprint density at radius 2 is 2.21 bits per heavy atom. The van der Waals surface area contributed by atoms with Crippen LogP contribution < -0.4 is 4.74 Å². The predicted molar refractivity (Wildman–Crippen MR) is 55.1 cm³/mol. The van der Waals surface area contributed by atoms with Gasteiger partial charge in [0.25, 0.3) is 0 Å². The fraction of sp³-hybridized carbons (Fsp3) is 0.200. The SMILES string of the molecule is C=Cn1nc2ccc(OCC)cc2n1. The molecular weight excluding hydrogens is 178 g/mol. The van der Waals surface area contributed by atoms with E-state index in [1.54, 1.807) is 6.20 Å². The molecule has 1 heterocycles.